The lowest BCUT2D eigenvalue weighted by Crippen LogP contribution is -2.24. The van der Waals surface area contributed by atoms with Crippen LogP contribution in [0.4, 0.5) is 8.78 Å². The molecule has 0 unspecified atom stereocenters. The molecule has 1 heterocycles. The molecule has 17 heavy (non-hydrogen) atoms. The van der Waals surface area contributed by atoms with E-state index in [1.54, 1.807) is 6.92 Å². The van der Waals surface area contributed by atoms with Crippen LogP contribution in [-0.2, 0) is 10.6 Å². The molecule has 1 aromatic heterocycles. The summed E-state index contributed by atoms with van der Waals surface area (Å²) in [5.74, 6) is -1.13. The third-order valence-corrected chi connectivity index (χ3v) is 2.31. The zero-order valence-electron chi connectivity index (χ0n) is 8.93. The van der Waals surface area contributed by atoms with Crippen molar-refractivity contribution in [2.24, 2.45) is 0 Å². The van der Waals surface area contributed by atoms with Gasteiger partial charge in [-0.1, -0.05) is 0 Å². The number of aromatic nitrogens is 1. The molecule has 94 valence electrons. The highest BCUT2D eigenvalue weighted by Gasteiger charge is 2.23. The number of esters is 1. The van der Waals surface area contributed by atoms with Crippen molar-refractivity contribution in [2.75, 3.05) is 6.61 Å². The minimum absolute atomic E-state index is 0.0406. The summed E-state index contributed by atoms with van der Waals surface area (Å²) in [5, 5.41) is 0. The SMILES string of the molecule is CCOC(=O)c1c(CCl)[nH]cc(C(F)F)c1=O. The largest absolute Gasteiger partial charge is 0.462 e. The van der Waals surface area contributed by atoms with Crippen molar-refractivity contribution in [3.8, 4) is 0 Å². The molecule has 7 heteroatoms. The lowest BCUT2D eigenvalue weighted by molar-refractivity contribution is 0.0522. The molecule has 0 fully saturated rings. The van der Waals surface area contributed by atoms with E-state index in [4.69, 9.17) is 11.6 Å². The number of carbonyl (C=O) groups is 1. The first-order valence-corrected chi connectivity index (χ1v) is 5.32. The molecule has 1 rings (SSSR count). The standard InChI is InChI=1S/C10H10ClF2NO3/c1-2-17-10(16)7-6(3-11)14-4-5(8(7)15)9(12)13/h4,9H,2-3H2,1H3,(H,14,15). The van der Waals surface area contributed by atoms with Crippen molar-refractivity contribution in [2.45, 2.75) is 19.2 Å². The van der Waals surface area contributed by atoms with E-state index in [2.05, 4.69) is 9.72 Å². The minimum Gasteiger partial charge on any atom is -0.462 e. The first-order chi connectivity index (χ1) is 8.02. The summed E-state index contributed by atoms with van der Waals surface area (Å²) in [7, 11) is 0. The third-order valence-electron chi connectivity index (χ3n) is 2.04. The predicted molar refractivity (Wildman–Crippen MR) is 57.5 cm³/mol. The number of rotatable bonds is 4. The fourth-order valence-corrected chi connectivity index (χ4v) is 1.48. The molecule has 0 atom stereocenters. The molecular formula is C10H10ClF2NO3. The van der Waals surface area contributed by atoms with Gasteiger partial charge < -0.3 is 9.72 Å². The number of carbonyl (C=O) groups excluding carboxylic acids is 1. The first-order valence-electron chi connectivity index (χ1n) is 4.78. The smallest absolute Gasteiger partial charge is 0.343 e. The fourth-order valence-electron chi connectivity index (χ4n) is 1.27. The number of nitrogens with one attached hydrogen (secondary N) is 1. The van der Waals surface area contributed by atoms with E-state index in [9.17, 15) is 18.4 Å². The van der Waals surface area contributed by atoms with Crippen molar-refractivity contribution < 1.29 is 18.3 Å². The Balaban J connectivity index is 3.38. The molecule has 1 aromatic rings. The number of aromatic amines is 1. The zero-order valence-corrected chi connectivity index (χ0v) is 9.68. The Morgan fingerprint density at radius 3 is 2.71 bits per heavy atom. The molecule has 1 N–H and O–H groups in total. The zero-order chi connectivity index (χ0) is 13.0. The predicted octanol–water partition coefficient (Wildman–Crippen LogP) is 2.23. The van der Waals surface area contributed by atoms with Crippen LogP contribution in [0.25, 0.3) is 0 Å². The van der Waals surface area contributed by atoms with E-state index in [-0.39, 0.29) is 18.2 Å². The Morgan fingerprint density at radius 1 is 1.59 bits per heavy atom. The van der Waals surface area contributed by atoms with Crippen molar-refractivity contribution in [3.63, 3.8) is 0 Å². The molecule has 0 aliphatic rings. The van der Waals surface area contributed by atoms with E-state index >= 15 is 0 Å². The maximum Gasteiger partial charge on any atom is 0.343 e. The second-order valence-electron chi connectivity index (χ2n) is 3.08. The van der Waals surface area contributed by atoms with Gasteiger partial charge in [-0.2, -0.15) is 0 Å². The fraction of sp³-hybridized carbons (Fsp3) is 0.400. The Labute approximate surface area is 101 Å². The summed E-state index contributed by atoms with van der Waals surface area (Å²) in [4.78, 5) is 25.5. The second-order valence-corrected chi connectivity index (χ2v) is 3.35. The van der Waals surface area contributed by atoms with Crippen LogP contribution >= 0.6 is 11.6 Å². The molecule has 0 spiro atoms. The highest BCUT2D eigenvalue weighted by Crippen LogP contribution is 2.16. The van der Waals surface area contributed by atoms with Crippen molar-refractivity contribution in [1.82, 2.24) is 4.98 Å². The Kier molecular flexibility index (Phi) is 4.62. The van der Waals surface area contributed by atoms with Crippen LogP contribution in [0.5, 0.6) is 0 Å². The van der Waals surface area contributed by atoms with Gasteiger partial charge in [0.15, 0.2) is 0 Å². The average Bonchev–Trinajstić information content (AvgIpc) is 2.27. The van der Waals surface area contributed by atoms with Gasteiger partial charge in [-0.05, 0) is 6.92 Å². The highest BCUT2D eigenvalue weighted by molar-refractivity contribution is 6.17. The molecule has 0 amide bonds. The van der Waals surface area contributed by atoms with Gasteiger partial charge >= 0.3 is 5.97 Å². The van der Waals surface area contributed by atoms with Crippen LogP contribution in [0.3, 0.4) is 0 Å². The van der Waals surface area contributed by atoms with Gasteiger partial charge in [0.2, 0.25) is 5.43 Å². The summed E-state index contributed by atoms with van der Waals surface area (Å²) in [6.07, 6.45) is -2.11. The van der Waals surface area contributed by atoms with Gasteiger partial charge in [-0.25, -0.2) is 13.6 Å². The van der Waals surface area contributed by atoms with E-state index in [1.807, 2.05) is 0 Å². The summed E-state index contributed by atoms with van der Waals surface area (Å²) < 4.78 is 29.6. The highest BCUT2D eigenvalue weighted by atomic mass is 35.5. The van der Waals surface area contributed by atoms with Crippen LogP contribution in [0.2, 0.25) is 0 Å². The molecule has 0 radical (unpaired) electrons. The molecule has 0 saturated carbocycles. The third kappa shape index (κ3) is 2.82. The van der Waals surface area contributed by atoms with Crippen LogP contribution in [0.1, 0.15) is 35.0 Å². The van der Waals surface area contributed by atoms with Gasteiger partial charge in [-0.15, -0.1) is 11.6 Å². The van der Waals surface area contributed by atoms with Gasteiger partial charge in [-0.3, -0.25) is 4.79 Å². The number of H-pyrrole nitrogens is 1. The van der Waals surface area contributed by atoms with Gasteiger partial charge in [0.05, 0.1) is 18.1 Å². The second kappa shape index (κ2) is 5.77. The van der Waals surface area contributed by atoms with E-state index in [0.29, 0.717) is 0 Å². The minimum atomic E-state index is -2.96. The average molecular weight is 266 g/mol. The number of alkyl halides is 3. The van der Waals surface area contributed by atoms with Crippen LogP contribution < -0.4 is 5.43 Å². The number of pyridine rings is 1. The van der Waals surface area contributed by atoms with Crippen molar-refractivity contribution in [3.05, 3.63) is 33.2 Å². The number of ether oxygens (including phenoxy) is 1. The molecule has 0 aromatic carbocycles. The van der Waals surface area contributed by atoms with Crippen LogP contribution in [0, 0.1) is 0 Å². The maximum absolute atomic E-state index is 12.5. The lowest BCUT2D eigenvalue weighted by atomic mass is 10.1. The first kappa shape index (κ1) is 13.6. The van der Waals surface area contributed by atoms with Crippen molar-refractivity contribution in [1.29, 1.82) is 0 Å². The Morgan fingerprint density at radius 2 is 2.24 bits per heavy atom. The van der Waals surface area contributed by atoms with E-state index in [0.717, 1.165) is 6.20 Å². The van der Waals surface area contributed by atoms with E-state index < -0.39 is 29.0 Å². The van der Waals surface area contributed by atoms with Gasteiger partial charge in [0, 0.05) is 11.9 Å². The van der Waals surface area contributed by atoms with Gasteiger partial charge in [0.25, 0.3) is 6.43 Å². The van der Waals surface area contributed by atoms with Crippen LogP contribution in [-0.4, -0.2) is 17.6 Å². The Bertz CT molecular complexity index is 473. The normalized spacial score (nSPS) is 10.6. The molecule has 0 aliphatic heterocycles. The summed E-state index contributed by atoms with van der Waals surface area (Å²) in [6.45, 7) is 1.59. The quantitative estimate of drug-likeness (QED) is 0.671. The number of hydrogen-bond donors (Lipinski definition) is 1. The molecule has 4 nitrogen and oxygen atoms in total. The molecule has 0 saturated heterocycles. The summed E-state index contributed by atoms with van der Waals surface area (Å²) in [6, 6.07) is 0. The molecule has 0 bridgehead atoms. The lowest BCUT2D eigenvalue weighted by Gasteiger charge is -2.08. The number of halogens is 3. The number of hydrogen-bond acceptors (Lipinski definition) is 3. The topological polar surface area (TPSA) is 59.2 Å². The Hall–Kier alpha value is -1.43. The van der Waals surface area contributed by atoms with E-state index in [1.165, 1.54) is 0 Å². The monoisotopic (exact) mass is 265 g/mol. The maximum atomic E-state index is 12.5. The summed E-state index contributed by atoms with van der Waals surface area (Å²) >= 11 is 5.51. The molecule has 0 aliphatic carbocycles. The summed E-state index contributed by atoms with van der Waals surface area (Å²) in [5.41, 5.74) is -2.21. The molecular weight excluding hydrogens is 256 g/mol. The van der Waals surface area contributed by atoms with Crippen molar-refractivity contribution >= 4 is 17.6 Å². The van der Waals surface area contributed by atoms with Crippen LogP contribution in [0.15, 0.2) is 11.0 Å². The van der Waals surface area contributed by atoms with Gasteiger partial charge in [0.1, 0.15) is 5.56 Å².